The van der Waals surface area contributed by atoms with E-state index in [0.29, 0.717) is 36.5 Å². The molecule has 1 aromatic carbocycles. The molecule has 0 aliphatic heterocycles. The summed E-state index contributed by atoms with van der Waals surface area (Å²) in [5.41, 5.74) is 0.924. The lowest BCUT2D eigenvalue weighted by Gasteiger charge is -2.13. The summed E-state index contributed by atoms with van der Waals surface area (Å²) in [5.74, 6) is 0.689. The molecule has 7 nitrogen and oxygen atoms in total. The Bertz CT molecular complexity index is 724. The van der Waals surface area contributed by atoms with E-state index in [1.807, 2.05) is 35.8 Å². The molecule has 27 heavy (non-hydrogen) atoms. The average Bonchev–Trinajstić information content (AvgIpc) is 3.05. The first kappa shape index (κ1) is 21.7. The third kappa shape index (κ3) is 6.49. The van der Waals surface area contributed by atoms with Crippen LogP contribution in [0.5, 0.6) is 0 Å². The minimum Gasteiger partial charge on any atom is -0.385 e. The number of hydrogen-bond acceptors (Lipinski definition) is 6. The Labute approximate surface area is 168 Å². The smallest absolute Gasteiger partial charge is 0.233 e. The predicted octanol–water partition coefficient (Wildman–Crippen LogP) is 2.88. The Morgan fingerprint density at radius 2 is 1.93 bits per heavy atom. The summed E-state index contributed by atoms with van der Waals surface area (Å²) in [7, 11) is 3.28. The Kier molecular flexibility index (Phi) is 9.06. The van der Waals surface area contributed by atoms with Crippen molar-refractivity contribution in [3.63, 3.8) is 0 Å². The number of benzene rings is 1. The van der Waals surface area contributed by atoms with Crippen molar-refractivity contribution in [1.29, 1.82) is 0 Å². The second-order valence-electron chi connectivity index (χ2n) is 5.85. The van der Waals surface area contributed by atoms with Gasteiger partial charge in [-0.1, -0.05) is 23.4 Å². The fraction of sp³-hybridized carbons (Fsp3) is 0.500. The van der Waals surface area contributed by atoms with Crippen molar-refractivity contribution in [3.8, 4) is 11.4 Å². The fourth-order valence-electron chi connectivity index (χ4n) is 2.39. The van der Waals surface area contributed by atoms with E-state index in [2.05, 4.69) is 15.5 Å². The van der Waals surface area contributed by atoms with Crippen LogP contribution in [0.2, 0.25) is 5.02 Å². The molecule has 0 aliphatic carbocycles. The lowest BCUT2D eigenvalue weighted by Crippen LogP contribution is -2.33. The van der Waals surface area contributed by atoms with Gasteiger partial charge in [-0.3, -0.25) is 4.79 Å². The van der Waals surface area contributed by atoms with Crippen LogP contribution in [0.4, 0.5) is 0 Å². The summed E-state index contributed by atoms with van der Waals surface area (Å²) in [6.07, 6.45) is 0.817. The zero-order chi connectivity index (χ0) is 19.6. The summed E-state index contributed by atoms with van der Waals surface area (Å²) in [6.45, 7) is 4.14. The van der Waals surface area contributed by atoms with Crippen LogP contribution in [0.25, 0.3) is 11.4 Å². The van der Waals surface area contributed by atoms with Crippen molar-refractivity contribution in [1.82, 2.24) is 20.1 Å². The van der Waals surface area contributed by atoms with Crippen molar-refractivity contribution in [2.45, 2.75) is 30.3 Å². The number of nitrogens with one attached hydrogen (secondary N) is 1. The maximum absolute atomic E-state index is 12.2. The number of methoxy groups -OCH3 is 2. The van der Waals surface area contributed by atoms with Crippen molar-refractivity contribution in [2.24, 2.45) is 0 Å². The number of carbonyl (C=O) groups is 1. The van der Waals surface area contributed by atoms with Gasteiger partial charge in [-0.25, -0.2) is 0 Å². The summed E-state index contributed by atoms with van der Waals surface area (Å²) in [6, 6.07) is 7.47. The third-order valence-corrected chi connectivity index (χ3v) is 5.14. The van der Waals surface area contributed by atoms with Crippen LogP contribution in [0.15, 0.2) is 29.4 Å². The largest absolute Gasteiger partial charge is 0.385 e. The van der Waals surface area contributed by atoms with Gasteiger partial charge in [0.05, 0.1) is 11.9 Å². The molecule has 0 bridgehead atoms. The molecule has 1 amide bonds. The molecule has 9 heteroatoms. The van der Waals surface area contributed by atoms with Gasteiger partial charge in [0.15, 0.2) is 11.0 Å². The first-order valence-electron chi connectivity index (χ1n) is 8.68. The number of carbonyl (C=O) groups excluding carboxylic acids is 1. The van der Waals surface area contributed by atoms with Gasteiger partial charge in [-0.05, 0) is 37.6 Å². The molecule has 0 fully saturated rings. The highest BCUT2D eigenvalue weighted by molar-refractivity contribution is 8.00. The predicted molar refractivity (Wildman–Crippen MR) is 107 cm³/mol. The maximum Gasteiger partial charge on any atom is 0.233 e. The van der Waals surface area contributed by atoms with Crippen LogP contribution in [-0.2, 0) is 20.8 Å². The van der Waals surface area contributed by atoms with Gasteiger partial charge in [0.25, 0.3) is 0 Å². The molecule has 0 spiro atoms. The molecular formula is C18H25ClN4O3S. The summed E-state index contributed by atoms with van der Waals surface area (Å²) in [5, 5.41) is 12.6. The number of amides is 1. The minimum absolute atomic E-state index is 0.0588. The van der Waals surface area contributed by atoms with Crippen molar-refractivity contribution in [3.05, 3.63) is 29.3 Å². The first-order valence-corrected chi connectivity index (χ1v) is 9.94. The molecule has 2 rings (SSSR count). The van der Waals surface area contributed by atoms with E-state index >= 15 is 0 Å². The Balaban J connectivity index is 2.17. The standard InChI is InChI=1S/C18H25ClN4O3S/c1-13(17(24)20-9-12-26-3)27-18-22-21-16(23(18)10-4-11-25-2)14-5-7-15(19)8-6-14/h5-8,13H,4,9-12H2,1-3H3,(H,20,24)/t13-/m1/s1. The highest BCUT2D eigenvalue weighted by atomic mass is 35.5. The van der Waals surface area contributed by atoms with Crippen LogP contribution in [0, 0.1) is 0 Å². The molecule has 0 saturated heterocycles. The second-order valence-corrected chi connectivity index (χ2v) is 7.60. The fourth-order valence-corrected chi connectivity index (χ4v) is 3.41. The summed E-state index contributed by atoms with van der Waals surface area (Å²) < 4.78 is 12.1. The topological polar surface area (TPSA) is 78.3 Å². The molecular weight excluding hydrogens is 388 g/mol. The number of halogens is 1. The van der Waals surface area contributed by atoms with Gasteiger partial charge in [0.2, 0.25) is 5.91 Å². The second kappa shape index (κ2) is 11.3. The van der Waals surface area contributed by atoms with Gasteiger partial charge in [-0.15, -0.1) is 10.2 Å². The monoisotopic (exact) mass is 412 g/mol. The quantitative estimate of drug-likeness (QED) is 0.451. The zero-order valence-electron chi connectivity index (χ0n) is 15.8. The third-order valence-electron chi connectivity index (χ3n) is 3.81. The number of hydrogen-bond donors (Lipinski definition) is 1. The van der Waals surface area contributed by atoms with E-state index in [1.165, 1.54) is 11.8 Å². The minimum atomic E-state index is -0.301. The number of aromatic nitrogens is 3. The van der Waals surface area contributed by atoms with E-state index in [-0.39, 0.29) is 11.2 Å². The molecule has 1 N–H and O–H groups in total. The molecule has 1 aromatic heterocycles. The normalized spacial score (nSPS) is 12.1. The van der Waals surface area contributed by atoms with E-state index in [9.17, 15) is 4.79 Å². The van der Waals surface area contributed by atoms with E-state index in [0.717, 1.165) is 17.8 Å². The lowest BCUT2D eigenvalue weighted by molar-refractivity contribution is -0.120. The molecule has 0 saturated carbocycles. The highest BCUT2D eigenvalue weighted by Gasteiger charge is 2.20. The van der Waals surface area contributed by atoms with Crippen molar-refractivity contribution >= 4 is 29.3 Å². The Hall–Kier alpha value is -1.61. The average molecular weight is 413 g/mol. The highest BCUT2D eigenvalue weighted by Crippen LogP contribution is 2.28. The number of ether oxygens (including phenoxy) is 2. The van der Waals surface area contributed by atoms with Crippen LogP contribution < -0.4 is 5.32 Å². The van der Waals surface area contributed by atoms with E-state index < -0.39 is 0 Å². The van der Waals surface area contributed by atoms with Crippen LogP contribution in [-0.4, -0.2) is 59.9 Å². The number of rotatable bonds is 11. The Morgan fingerprint density at radius 3 is 2.59 bits per heavy atom. The SMILES string of the molecule is COCCCn1c(S[C@H](C)C(=O)NCCOC)nnc1-c1ccc(Cl)cc1. The molecule has 0 radical (unpaired) electrons. The molecule has 0 unspecified atom stereocenters. The molecule has 0 aliphatic rings. The van der Waals surface area contributed by atoms with Crippen LogP contribution in [0.3, 0.4) is 0 Å². The number of nitrogens with zero attached hydrogens (tertiary/aromatic N) is 3. The Morgan fingerprint density at radius 1 is 1.22 bits per heavy atom. The van der Waals surface area contributed by atoms with E-state index in [1.54, 1.807) is 14.2 Å². The van der Waals surface area contributed by atoms with Crippen molar-refractivity contribution < 1.29 is 14.3 Å². The van der Waals surface area contributed by atoms with Gasteiger partial charge in [0.1, 0.15) is 0 Å². The lowest BCUT2D eigenvalue weighted by atomic mass is 10.2. The van der Waals surface area contributed by atoms with Gasteiger partial charge in [-0.2, -0.15) is 0 Å². The van der Waals surface area contributed by atoms with E-state index in [4.69, 9.17) is 21.1 Å². The van der Waals surface area contributed by atoms with Gasteiger partial charge in [0, 0.05) is 44.5 Å². The van der Waals surface area contributed by atoms with Crippen molar-refractivity contribution in [2.75, 3.05) is 34.0 Å². The maximum atomic E-state index is 12.2. The van der Waals surface area contributed by atoms with Gasteiger partial charge < -0.3 is 19.4 Å². The molecule has 148 valence electrons. The van der Waals surface area contributed by atoms with Crippen LogP contribution >= 0.6 is 23.4 Å². The molecule has 2 aromatic rings. The zero-order valence-corrected chi connectivity index (χ0v) is 17.3. The molecule has 1 atom stereocenters. The van der Waals surface area contributed by atoms with Gasteiger partial charge >= 0.3 is 0 Å². The van der Waals surface area contributed by atoms with Crippen LogP contribution in [0.1, 0.15) is 13.3 Å². The summed E-state index contributed by atoms with van der Waals surface area (Å²) >= 11 is 7.37. The first-order chi connectivity index (χ1) is 13.1. The summed E-state index contributed by atoms with van der Waals surface area (Å²) in [4.78, 5) is 12.2. The number of thioether (sulfide) groups is 1. The molecule has 1 heterocycles.